The summed E-state index contributed by atoms with van der Waals surface area (Å²) in [6.45, 7) is 0. The maximum absolute atomic E-state index is 5.87. The van der Waals surface area contributed by atoms with Crippen LogP contribution in [0.15, 0.2) is 10.5 Å². The van der Waals surface area contributed by atoms with Crippen molar-refractivity contribution in [2.75, 3.05) is 7.11 Å². The SMILES string of the molecule is COc1nc2c(Cl)nc(Cl)nc2cc1Br. The van der Waals surface area contributed by atoms with Crippen LogP contribution in [0.5, 0.6) is 5.88 Å². The number of hydrogen-bond acceptors (Lipinski definition) is 4. The van der Waals surface area contributed by atoms with E-state index in [9.17, 15) is 0 Å². The fraction of sp³-hybridized carbons (Fsp3) is 0.125. The maximum Gasteiger partial charge on any atom is 0.228 e. The molecule has 0 radical (unpaired) electrons. The van der Waals surface area contributed by atoms with Gasteiger partial charge in [0.1, 0.15) is 5.52 Å². The molecule has 0 atom stereocenters. The second kappa shape index (κ2) is 4.08. The summed E-state index contributed by atoms with van der Waals surface area (Å²) in [5.41, 5.74) is 1.02. The van der Waals surface area contributed by atoms with Crippen molar-refractivity contribution >= 4 is 50.2 Å². The van der Waals surface area contributed by atoms with Crippen molar-refractivity contribution < 1.29 is 4.74 Å². The summed E-state index contributed by atoms with van der Waals surface area (Å²) in [6.07, 6.45) is 0. The third kappa shape index (κ3) is 2.00. The van der Waals surface area contributed by atoms with Gasteiger partial charge in [-0.05, 0) is 33.6 Å². The molecule has 0 aliphatic heterocycles. The van der Waals surface area contributed by atoms with Gasteiger partial charge in [0.05, 0.1) is 17.1 Å². The van der Waals surface area contributed by atoms with Gasteiger partial charge in [0.2, 0.25) is 11.2 Å². The highest BCUT2D eigenvalue weighted by Gasteiger charge is 2.10. The van der Waals surface area contributed by atoms with Crippen molar-refractivity contribution in [2.45, 2.75) is 0 Å². The quantitative estimate of drug-likeness (QED) is 0.600. The molecule has 0 N–H and O–H groups in total. The van der Waals surface area contributed by atoms with E-state index in [1.807, 2.05) is 0 Å². The van der Waals surface area contributed by atoms with Gasteiger partial charge in [0, 0.05) is 0 Å². The van der Waals surface area contributed by atoms with E-state index < -0.39 is 0 Å². The highest BCUT2D eigenvalue weighted by atomic mass is 79.9. The molecule has 2 aromatic rings. The molecule has 2 heterocycles. The van der Waals surface area contributed by atoms with E-state index in [4.69, 9.17) is 27.9 Å². The smallest absolute Gasteiger partial charge is 0.228 e. The molecule has 78 valence electrons. The molecule has 0 aliphatic rings. The summed E-state index contributed by atoms with van der Waals surface area (Å²) in [6, 6.07) is 1.72. The molecular weight excluding hydrogens is 305 g/mol. The van der Waals surface area contributed by atoms with Crippen LogP contribution in [0.25, 0.3) is 11.0 Å². The van der Waals surface area contributed by atoms with Crippen LogP contribution in [-0.4, -0.2) is 22.1 Å². The van der Waals surface area contributed by atoms with Crippen LogP contribution in [0, 0.1) is 0 Å². The number of pyridine rings is 1. The molecule has 0 saturated heterocycles. The van der Waals surface area contributed by atoms with Crippen molar-refractivity contribution in [1.82, 2.24) is 15.0 Å². The summed E-state index contributed by atoms with van der Waals surface area (Å²) in [5.74, 6) is 0.426. The predicted molar refractivity (Wildman–Crippen MR) is 61.6 cm³/mol. The van der Waals surface area contributed by atoms with Crippen molar-refractivity contribution in [3.63, 3.8) is 0 Å². The first-order valence-electron chi connectivity index (χ1n) is 3.85. The average Bonchev–Trinajstić information content (AvgIpc) is 2.16. The lowest BCUT2D eigenvalue weighted by atomic mass is 10.3. The number of fused-ring (bicyclic) bond motifs is 1. The summed E-state index contributed by atoms with van der Waals surface area (Å²) in [5, 5.41) is 0.294. The second-order valence-electron chi connectivity index (χ2n) is 2.63. The minimum absolute atomic E-state index is 0.0892. The highest BCUT2D eigenvalue weighted by Crippen LogP contribution is 2.29. The van der Waals surface area contributed by atoms with Crippen LogP contribution < -0.4 is 4.74 Å². The monoisotopic (exact) mass is 307 g/mol. The third-order valence-electron chi connectivity index (χ3n) is 1.72. The molecule has 4 nitrogen and oxygen atoms in total. The van der Waals surface area contributed by atoms with Crippen LogP contribution >= 0.6 is 39.1 Å². The van der Waals surface area contributed by atoms with E-state index in [2.05, 4.69) is 30.9 Å². The Balaban J connectivity index is 2.81. The Bertz CT molecular complexity index is 535. The number of hydrogen-bond donors (Lipinski definition) is 0. The summed E-state index contributed by atoms with van der Waals surface area (Å²) in [7, 11) is 1.52. The minimum atomic E-state index is 0.0892. The van der Waals surface area contributed by atoms with Crippen molar-refractivity contribution in [1.29, 1.82) is 0 Å². The van der Waals surface area contributed by atoms with Crippen molar-refractivity contribution in [3.05, 3.63) is 21.0 Å². The summed E-state index contributed by atoms with van der Waals surface area (Å²) >= 11 is 14.8. The standard InChI is InChI=1S/C8H4BrCl2N3O/c1-15-7-3(9)2-4-5(13-7)6(10)14-8(11)12-4/h2H,1H3. The molecule has 7 heteroatoms. The van der Waals surface area contributed by atoms with Gasteiger partial charge < -0.3 is 4.74 Å². The van der Waals surface area contributed by atoms with Gasteiger partial charge in [-0.2, -0.15) is 0 Å². The summed E-state index contributed by atoms with van der Waals surface area (Å²) < 4.78 is 5.72. The highest BCUT2D eigenvalue weighted by molar-refractivity contribution is 9.10. The number of halogens is 3. The summed E-state index contributed by atoms with van der Waals surface area (Å²) in [4.78, 5) is 11.9. The zero-order valence-electron chi connectivity index (χ0n) is 7.46. The number of nitrogens with zero attached hydrogens (tertiary/aromatic N) is 3. The molecule has 0 aromatic carbocycles. The van der Waals surface area contributed by atoms with E-state index >= 15 is 0 Å². The van der Waals surface area contributed by atoms with Gasteiger partial charge in [-0.1, -0.05) is 11.6 Å². The van der Waals surface area contributed by atoms with Crippen LogP contribution in [0.2, 0.25) is 10.4 Å². The third-order valence-corrected chi connectivity index (χ3v) is 2.72. The van der Waals surface area contributed by atoms with E-state index in [0.29, 0.717) is 21.4 Å². The first kappa shape index (κ1) is 10.9. The Labute approximate surface area is 104 Å². The normalized spacial score (nSPS) is 10.7. The predicted octanol–water partition coefficient (Wildman–Crippen LogP) is 3.10. The topological polar surface area (TPSA) is 47.9 Å². The van der Waals surface area contributed by atoms with E-state index in [1.165, 1.54) is 7.11 Å². The van der Waals surface area contributed by atoms with Crippen LogP contribution in [0.3, 0.4) is 0 Å². The van der Waals surface area contributed by atoms with Crippen molar-refractivity contribution in [3.8, 4) is 5.88 Å². The average molecular weight is 309 g/mol. The number of aromatic nitrogens is 3. The number of methoxy groups -OCH3 is 1. The largest absolute Gasteiger partial charge is 0.480 e. The molecule has 0 saturated carbocycles. The first-order valence-corrected chi connectivity index (χ1v) is 5.40. The molecule has 15 heavy (non-hydrogen) atoms. The molecule has 0 aliphatic carbocycles. The minimum Gasteiger partial charge on any atom is -0.480 e. The van der Waals surface area contributed by atoms with Crippen LogP contribution in [-0.2, 0) is 0 Å². The molecule has 0 bridgehead atoms. The molecule has 0 spiro atoms. The Hall–Kier alpha value is -0.650. The fourth-order valence-electron chi connectivity index (χ4n) is 1.10. The molecule has 0 unspecified atom stereocenters. The molecular formula is C8H4BrCl2N3O. The fourth-order valence-corrected chi connectivity index (χ4v) is 2.01. The Morgan fingerprint density at radius 1 is 1.27 bits per heavy atom. The second-order valence-corrected chi connectivity index (χ2v) is 4.18. The van der Waals surface area contributed by atoms with E-state index in [1.54, 1.807) is 6.07 Å². The Morgan fingerprint density at radius 2 is 2.00 bits per heavy atom. The lowest BCUT2D eigenvalue weighted by Gasteiger charge is -2.04. The van der Waals surface area contributed by atoms with Gasteiger partial charge in [-0.15, -0.1) is 0 Å². The lowest BCUT2D eigenvalue weighted by Crippen LogP contribution is -1.94. The van der Waals surface area contributed by atoms with Gasteiger partial charge in [-0.25, -0.2) is 15.0 Å². The zero-order valence-corrected chi connectivity index (χ0v) is 10.6. The zero-order chi connectivity index (χ0) is 11.0. The maximum atomic E-state index is 5.87. The molecule has 0 fully saturated rings. The lowest BCUT2D eigenvalue weighted by molar-refractivity contribution is 0.396. The Kier molecular flexibility index (Phi) is 2.95. The van der Waals surface area contributed by atoms with Gasteiger partial charge in [-0.3, -0.25) is 0 Å². The van der Waals surface area contributed by atoms with Gasteiger partial charge in [0.15, 0.2) is 5.15 Å². The van der Waals surface area contributed by atoms with E-state index in [0.717, 1.165) is 0 Å². The first-order chi connectivity index (χ1) is 7.11. The van der Waals surface area contributed by atoms with Crippen LogP contribution in [0.1, 0.15) is 0 Å². The van der Waals surface area contributed by atoms with E-state index in [-0.39, 0.29) is 10.4 Å². The number of ether oxygens (including phenoxy) is 1. The van der Waals surface area contributed by atoms with Crippen LogP contribution in [0.4, 0.5) is 0 Å². The van der Waals surface area contributed by atoms with Gasteiger partial charge in [0.25, 0.3) is 0 Å². The van der Waals surface area contributed by atoms with Gasteiger partial charge >= 0.3 is 0 Å². The molecule has 2 rings (SSSR count). The molecule has 0 amide bonds. The number of rotatable bonds is 1. The molecule has 2 aromatic heterocycles. The van der Waals surface area contributed by atoms with Crippen molar-refractivity contribution in [2.24, 2.45) is 0 Å². The Morgan fingerprint density at radius 3 is 2.67 bits per heavy atom.